The van der Waals surface area contributed by atoms with Crippen LogP contribution >= 0.6 is 15.9 Å². The fourth-order valence-electron chi connectivity index (χ4n) is 1.91. The molecule has 2 aromatic rings. The van der Waals surface area contributed by atoms with Gasteiger partial charge in [0.2, 0.25) is 5.89 Å². The van der Waals surface area contributed by atoms with E-state index >= 15 is 0 Å². The second-order valence-electron chi connectivity index (χ2n) is 5.05. The molecule has 1 aromatic heterocycles. The Labute approximate surface area is 121 Å². The van der Waals surface area contributed by atoms with Crippen molar-refractivity contribution in [3.8, 4) is 0 Å². The van der Waals surface area contributed by atoms with Crippen LogP contribution in [0.25, 0.3) is 0 Å². The Morgan fingerprint density at radius 3 is 2.74 bits per heavy atom. The second kappa shape index (κ2) is 6.30. The van der Waals surface area contributed by atoms with Crippen LogP contribution in [-0.2, 0) is 6.42 Å². The van der Waals surface area contributed by atoms with E-state index in [0.29, 0.717) is 24.1 Å². The third-order valence-electron chi connectivity index (χ3n) is 2.83. The Morgan fingerprint density at radius 1 is 1.32 bits per heavy atom. The average Bonchev–Trinajstić information content (AvgIpc) is 2.80. The van der Waals surface area contributed by atoms with Gasteiger partial charge in [-0.25, -0.2) is 0 Å². The molecule has 2 N–H and O–H groups in total. The van der Waals surface area contributed by atoms with Crippen molar-refractivity contribution in [2.45, 2.75) is 32.7 Å². The molecule has 1 atom stereocenters. The fourth-order valence-corrected chi connectivity index (χ4v) is 2.34. The lowest BCUT2D eigenvalue weighted by Gasteiger charge is -2.08. The van der Waals surface area contributed by atoms with Crippen molar-refractivity contribution in [1.29, 1.82) is 0 Å². The third-order valence-corrected chi connectivity index (χ3v) is 3.61. The van der Waals surface area contributed by atoms with E-state index in [1.807, 2.05) is 24.3 Å². The maximum Gasteiger partial charge on any atom is 0.243 e. The Bertz CT molecular complexity index is 539. The predicted octanol–water partition coefficient (Wildman–Crippen LogP) is 3.47. The van der Waals surface area contributed by atoms with Crippen molar-refractivity contribution in [2.24, 2.45) is 11.7 Å². The van der Waals surface area contributed by atoms with E-state index in [1.165, 1.54) is 0 Å². The lowest BCUT2D eigenvalue weighted by atomic mass is 10.0. The minimum atomic E-state index is -0.180. The van der Waals surface area contributed by atoms with Crippen LogP contribution in [0.2, 0.25) is 0 Å². The first-order chi connectivity index (χ1) is 9.06. The molecule has 1 unspecified atom stereocenters. The molecule has 0 saturated carbocycles. The van der Waals surface area contributed by atoms with Gasteiger partial charge in [-0.3, -0.25) is 0 Å². The van der Waals surface area contributed by atoms with Gasteiger partial charge in [-0.15, -0.1) is 0 Å². The lowest BCUT2D eigenvalue weighted by molar-refractivity contribution is 0.333. The summed E-state index contributed by atoms with van der Waals surface area (Å²) in [5, 5.41) is 3.99. The number of hydrogen-bond acceptors (Lipinski definition) is 4. The molecular formula is C14H18BrN3O. The van der Waals surface area contributed by atoms with Crippen LogP contribution < -0.4 is 5.73 Å². The van der Waals surface area contributed by atoms with Gasteiger partial charge in [0.15, 0.2) is 5.82 Å². The quantitative estimate of drug-likeness (QED) is 0.914. The van der Waals surface area contributed by atoms with Gasteiger partial charge in [-0.1, -0.05) is 53.1 Å². The highest BCUT2D eigenvalue weighted by atomic mass is 79.9. The first-order valence-electron chi connectivity index (χ1n) is 6.37. The van der Waals surface area contributed by atoms with Crippen LogP contribution in [-0.4, -0.2) is 10.1 Å². The monoisotopic (exact) mass is 323 g/mol. The fraction of sp³-hybridized carbons (Fsp3) is 0.429. The normalized spacial score (nSPS) is 12.9. The molecule has 0 saturated heterocycles. The van der Waals surface area contributed by atoms with E-state index < -0.39 is 0 Å². The van der Waals surface area contributed by atoms with Gasteiger partial charge in [0, 0.05) is 10.9 Å². The van der Waals surface area contributed by atoms with E-state index in [9.17, 15) is 0 Å². The van der Waals surface area contributed by atoms with Crippen LogP contribution in [0, 0.1) is 5.92 Å². The lowest BCUT2D eigenvalue weighted by Crippen LogP contribution is -2.13. The summed E-state index contributed by atoms with van der Waals surface area (Å²) in [6.45, 7) is 4.25. The van der Waals surface area contributed by atoms with Crippen molar-refractivity contribution >= 4 is 15.9 Å². The minimum Gasteiger partial charge on any atom is -0.338 e. The molecule has 0 amide bonds. The van der Waals surface area contributed by atoms with E-state index in [2.05, 4.69) is 39.9 Å². The predicted molar refractivity (Wildman–Crippen MR) is 77.6 cm³/mol. The number of nitrogens with two attached hydrogens (primary N) is 1. The van der Waals surface area contributed by atoms with Gasteiger partial charge in [0.25, 0.3) is 0 Å². The van der Waals surface area contributed by atoms with E-state index in [4.69, 9.17) is 10.3 Å². The van der Waals surface area contributed by atoms with Crippen molar-refractivity contribution in [3.05, 3.63) is 46.0 Å². The topological polar surface area (TPSA) is 64.9 Å². The zero-order chi connectivity index (χ0) is 13.8. The van der Waals surface area contributed by atoms with Crippen molar-refractivity contribution in [1.82, 2.24) is 10.1 Å². The molecule has 2 rings (SSSR count). The summed E-state index contributed by atoms with van der Waals surface area (Å²) in [5.41, 5.74) is 7.16. The van der Waals surface area contributed by atoms with Crippen molar-refractivity contribution in [2.75, 3.05) is 0 Å². The molecule has 0 fully saturated rings. The largest absolute Gasteiger partial charge is 0.338 e. The SMILES string of the molecule is CC(C)CC(N)c1nc(Cc2ccccc2Br)no1. The highest BCUT2D eigenvalue weighted by Crippen LogP contribution is 2.20. The molecule has 0 spiro atoms. The molecule has 5 heteroatoms. The molecule has 102 valence electrons. The zero-order valence-corrected chi connectivity index (χ0v) is 12.7. The summed E-state index contributed by atoms with van der Waals surface area (Å²) < 4.78 is 6.29. The average molecular weight is 324 g/mol. The molecule has 1 aromatic carbocycles. The number of rotatable bonds is 5. The first kappa shape index (κ1) is 14.2. The molecule has 0 aliphatic rings. The second-order valence-corrected chi connectivity index (χ2v) is 5.91. The number of hydrogen-bond donors (Lipinski definition) is 1. The molecular weight excluding hydrogens is 306 g/mol. The zero-order valence-electron chi connectivity index (χ0n) is 11.1. The summed E-state index contributed by atoms with van der Waals surface area (Å²) in [5.74, 6) is 1.70. The summed E-state index contributed by atoms with van der Waals surface area (Å²) in [7, 11) is 0. The van der Waals surface area contributed by atoms with Gasteiger partial charge >= 0.3 is 0 Å². The smallest absolute Gasteiger partial charge is 0.243 e. The van der Waals surface area contributed by atoms with Gasteiger partial charge in [-0.05, 0) is 24.0 Å². The number of nitrogens with zero attached hydrogens (tertiary/aromatic N) is 2. The van der Waals surface area contributed by atoms with Crippen LogP contribution in [0.4, 0.5) is 0 Å². The van der Waals surface area contributed by atoms with Gasteiger partial charge in [0.05, 0.1) is 6.04 Å². The van der Waals surface area contributed by atoms with Gasteiger partial charge in [-0.2, -0.15) is 4.98 Å². The number of aromatic nitrogens is 2. The van der Waals surface area contributed by atoms with E-state index in [1.54, 1.807) is 0 Å². The summed E-state index contributed by atoms with van der Waals surface area (Å²) in [6, 6.07) is 7.83. The van der Waals surface area contributed by atoms with E-state index in [0.717, 1.165) is 16.5 Å². The molecule has 0 aliphatic carbocycles. The van der Waals surface area contributed by atoms with Crippen LogP contribution in [0.3, 0.4) is 0 Å². The third kappa shape index (κ3) is 3.88. The maximum atomic E-state index is 6.03. The summed E-state index contributed by atoms with van der Waals surface area (Å²) in [4.78, 5) is 4.38. The van der Waals surface area contributed by atoms with E-state index in [-0.39, 0.29) is 6.04 Å². The Balaban J connectivity index is 2.07. The Hall–Kier alpha value is -1.20. The molecule has 0 bridgehead atoms. The number of halogens is 1. The maximum absolute atomic E-state index is 6.03. The molecule has 1 heterocycles. The Kier molecular flexibility index (Phi) is 4.71. The van der Waals surface area contributed by atoms with Crippen LogP contribution in [0.5, 0.6) is 0 Å². The highest BCUT2D eigenvalue weighted by Gasteiger charge is 2.16. The molecule has 0 radical (unpaired) electrons. The van der Waals surface area contributed by atoms with Crippen LogP contribution in [0.1, 0.15) is 43.6 Å². The minimum absolute atomic E-state index is 0.180. The van der Waals surface area contributed by atoms with Crippen molar-refractivity contribution < 1.29 is 4.52 Å². The number of benzene rings is 1. The standard InChI is InChI=1S/C14H18BrN3O/c1-9(2)7-12(16)14-17-13(18-19-14)8-10-5-3-4-6-11(10)15/h3-6,9,12H,7-8,16H2,1-2H3. The summed E-state index contributed by atoms with van der Waals surface area (Å²) in [6.07, 6.45) is 1.48. The van der Waals surface area contributed by atoms with Crippen molar-refractivity contribution in [3.63, 3.8) is 0 Å². The molecule has 0 aliphatic heterocycles. The molecule has 4 nitrogen and oxygen atoms in total. The Morgan fingerprint density at radius 2 is 2.05 bits per heavy atom. The van der Waals surface area contributed by atoms with Gasteiger partial charge in [0.1, 0.15) is 0 Å². The first-order valence-corrected chi connectivity index (χ1v) is 7.17. The highest BCUT2D eigenvalue weighted by molar-refractivity contribution is 9.10. The van der Waals surface area contributed by atoms with Crippen LogP contribution in [0.15, 0.2) is 33.3 Å². The van der Waals surface area contributed by atoms with Gasteiger partial charge < -0.3 is 10.3 Å². The summed E-state index contributed by atoms with van der Waals surface area (Å²) >= 11 is 3.51. The molecule has 19 heavy (non-hydrogen) atoms.